The summed E-state index contributed by atoms with van der Waals surface area (Å²) in [5.41, 5.74) is 3.48. The number of piperazine rings is 1. The van der Waals surface area contributed by atoms with Crippen molar-refractivity contribution in [2.45, 2.75) is 39.5 Å². The second-order valence-corrected chi connectivity index (χ2v) is 9.26. The van der Waals surface area contributed by atoms with E-state index >= 15 is 0 Å². The molecule has 5 nitrogen and oxygen atoms in total. The van der Waals surface area contributed by atoms with Gasteiger partial charge in [0.2, 0.25) is 0 Å². The number of carbonyl (C=O) groups is 1. The van der Waals surface area contributed by atoms with Gasteiger partial charge < -0.3 is 19.9 Å². The average molecular weight is 426 g/mol. The lowest BCUT2D eigenvalue weighted by Crippen LogP contribution is -3.28. The Balaban J connectivity index is 1.46. The maximum absolute atomic E-state index is 12.9. The molecule has 0 aliphatic carbocycles. The summed E-state index contributed by atoms with van der Waals surface area (Å²) in [5, 5.41) is 3.27. The number of anilines is 1. The molecule has 1 saturated heterocycles. The van der Waals surface area contributed by atoms with Gasteiger partial charge in [-0.2, -0.15) is 0 Å². The van der Waals surface area contributed by atoms with Crippen molar-refractivity contribution in [3.63, 3.8) is 0 Å². The predicted octanol–water partition coefficient (Wildman–Crippen LogP) is 1.73. The van der Waals surface area contributed by atoms with Gasteiger partial charge in [-0.05, 0) is 35.1 Å². The number of rotatable bonds is 9. The highest BCUT2D eigenvalue weighted by molar-refractivity contribution is 5.93. The number of hydrogen-bond donors (Lipinski definition) is 3. The van der Waals surface area contributed by atoms with Crippen LogP contribution in [0, 0.1) is 0 Å². The lowest BCUT2D eigenvalue weighted by molar-refractivity contribution is -1.01. The Kier molecular flexibility index (Phi) is 8.50. The molecule has 0 aromatic heterocycles. The summed E-state index contributed by atoms with van der Waals surface area (Å²) in [6.07, 6.45) is 0. The minimum atomic E-state index is 0.126. The van der Waals surface area contributed by atoms with Crippen LogP contribution in [-0.2, 0) is 4.79 Å². The maximum Gasteiger partial charge on any atom is 0.279 e. The predicted molar refractivity (Wildman–Crippen MR) is 126 cm³/mol. The second kappa shape index (κ2) is 11.3. The molecular weight excluding hydrogens is 386 g/mol. The first kappa shape index (κ1) is 23.3. The zero-order chi connectivity index (χ0) is 22.2. The number of carbonyl (C=O) groups excluding carboxylic acids is 1. The number of ether oxygens (including phenoxy) is 1. The van der Waals surface area contributed by atoms with Crippen LogP contribution in [0.4, 0.5) is 5.69 Å². The normalized spacial score (nSPS) is 18.9. The van der Waals surface area contributed by atoms with Crippen molar-refractivity contribution >= 4 is 11.6 Å². The van der Waals surface area contributed by atoms with E-state index in [4.69, 9.17) is 4.74 Å². The number of amides is 1. The van der Waals surface area contributed by atoms with Crippen LogP contribution in [0.15, 0.2) is 48.5 Å². The van der Waals surface area contributed by atoms with Crippen LogP contribution in [0.3, 0.4) is 0 Å². The molecule has 1 aliphatic rings. The summed E-state index contributed by atoms with van der Waals surface area (Å²) in [6, 6.07) is 16.4. The van der Waals surface area contributed by atoms with E-state index in [0.717, 1.165) is 50.8 Å². The summed E-state index contributed by atoms with van der Waals surface area (Å²) in [5.74, 6) is 1.82. The van der Waals surface area contributed by atoms with Gasteiger partial charge in [-0.1, -0.05) is 64.1 Å². The zero-order valence-electron chi connectivity index (χ0n) is 19.5. The summed E-state index contributed by atoms with van der Waals surface area (Å²) in [6.45, 7) is 15.2. The zero-order valence-corrected chi connectivity index (χ0v) is 19.5. The quantitative estimate of drug-likeness (QED) is 0.573. The topological polar surface area (TPSA) is 47.2 Å². The first-order valence-electron chi connectivity index (χ1n) is 11.7. The Morgan fingerprint density at radius 3 is 2.03 bits per heavy atom. The van der Waals surface area contributed by atoms with Gasteiger partial charge in [0, 0.05) is 5.69 Å². The van der Waals surface area contributed by atoms with Crippen molar-refractivity contribution in [3.8, 4) is 5.75 Å². The van der Waals surface area contributed by atoms with E-state index in [0.29, 0.717) is 18.4 Å². The van der Waals surface area contributed by atoms with Crippen molar-refractivity contribution in [1.82, 2.24) is 0 Å². The Hall–Kier alpha value is -2.37. The van der Waals surface area contributed by atoms with Crippen molar-refractivity contribution in [2.75, 3.05) is 51.2 Å². The van der Waals surface area contributed by atoms with E-state index in [2.05, 4.69) is 51.2 Å². The molecule has 0 radical (unpaired) electrons. The Labute approximate surface area is 187 Å². The van der Waals surface area contributed by atoms with Gasteiger partial charge in [0.05, 0.1) is 0 Å². The molecule has 31 heavy (non-hydrogen) atoms. The number of quaternary nitrogens is 2. The number of benzene rings is 2. The molecule has 1 heterocycles. The lowest BCUT2D eigenvalue weighted by Gasteiger charge is -2.29. The van der Waals surface area contributed by atoms with Gasteiger partial charge in [0.15, 0.2) is 6.54 Å². The van der Waals surface area contributed by atoms with Crippen LogP contribution in [0.2, 0.25) is 0 Å². The average Bonchev–Trinajstić information content (AvgIpc) is 2.75. The van der Waals surface area contributed by atoms with E-state index in [-0.39, 0.29) is 5.91 Å². The molecular formula is C26H39N3O2+2. The minimum Gasteiger partial charge on any atom is -0.488 e. The summed E-state index contributed by atoms with van der Waals surface area (Å²) >= 11 is 0. The third-order valence-corrected chi connectivity index (χ3v) is 6.18. The van der Waals surface area contributed by atoms with Gasteiger partial charge in [-0.3, -0.25) is 4.79 Å². The lowest BCUT2D eigenvalue weighted by atomic mass is 9.92. The molecule has 0 spiro atoms. The third kappa shape index (κ3) is 6.81. The first-order chi connectivity index (χ1) is 14.9. The molecule has 2 aromatic rings. The molecule has 168 valence electrons. The van der Waals surface area contributed by atoms with Crippen LogP contribution in [0.5, 0.6) is 5.75 Å². The molecule has 3 rings (SSSR count). The molecule has 5 heteroatoms. The standard InChI is InChI=1S/C26H37N3O2/c1-20(2)23-11-8-12-24(21(3)4)26(23)27-25(30)19-29-15-13-28(14-16-29)17-18-31-22-9-6-5-7-10-22/h5-12,20-21H,13-19H2,1-4H3,(H,27,30)/p+2. The third-order valence-electron chi connectivity index (χ3n) is 6.18. The highest BCUT2D eigenvalue weighted by Crippen LogP contribution is 2.32. The smallest absolute Gasteiger partial charge is 0.279 e. The van der Waals surface area contributed by atoms with Gasteiger partial charge in [0.1, 0.15) is 45.1 Å². The van der Waals surface area contributed by atoms with Crippen molar-refractivity contribution < 1.29 is 19.3 Å². The summed E-state index contributed by atoms with van der Waals surface area (Å²) in [7, 11) is 0. The molecule has 1 amide bonds. The van der Waals surface area contributed by atoms with E-state index in [1.165, 1.54) is 16.0 Å². The number of hydrogen-bond acceptors (Lipinski definition) is 2. The molecule has 0 saturated carbocycles. The van der Waals surface area contributed by atoms with Gasteiger partial charge in [-0.15, -0.1) is 0 Å². The molecule has 2 aromatic carbocycles. The van der Waals surface area contributed by atoms with Crippen LogP contribution in [-0.4, -0.2) is 51.8 Å². The second-order valence-electron chi connectivity index (χ2n) is 9.26. The molecule has 0 atom stereocenters. The van der Waals surface area contributed by atoms with Crippen molar-refractivity contribution in [2.24, 2.45) is 0 Å². The summed E-state index contributed by atoms with van der Waals surface area (Å²) in [4.78, 5) is 15.8. The fraction of sp³-hybridized carbons (Fsp3) is 0.500. The van der Waals surface area contributed by atoms with E-state index in [9.17, 15) is 4.79 Å². The highest BCUT2D eigenvalue weighted by Gasteiger charge is 2.25. The molecule has 1 fully saturated rings. The van der Waals surface area contributed by atoms with E-state index < -0.39 is 0 Å². The first-order valence-corrected chi connectivity index (χ1v) is 11.7. The van der Waals surface area contributed by atoms with Crippen molar-refractivity contribution in [3.05, 3.63) is 59.7 Å². The fourth-order valence-corrected chi connectivity index (χ4v) is 4.32. The van der Waals surface area contributed by atoms with E-state index in [1.54, 1.807) is 4.90 Å². The van der Waals surface area contributed by atoms with Crippen molar-refractivity contribution in [1.29, 1.82) is 0 Å². The van der Waals surface area contributed by atoms with Crippen LogP contribution in [0.25, 0.3) is 0 Å². The SMILES string of the molecule is CC(C)c1cccc(C(C)C)c1NC(=O)C[NH+]1CC[NH+](CCOc2ccccc2)CC1. The molecule has 3 N–H and O–H groups in total. The van der Waals surface area contributed by atoms with Gasteiger partial charge >= 0.3 is 0 Å². The van der Waals surface area contributed by atoms with E-state index in [1.807, 2.05) is 30.3 Å². The largest absolute Gasteiger partial charge is 0.488 e. The summed E-state index contributed by atoms with van der Waals surface area (Å²) < 4.78 is 5.84. The highest BCUT2D eigenvalue weighted by atomic mass is 16.5. The fourth-order valence-electron chi connectivity index (χ4n) is 4.32. The Bertz CT molecular complexity index is 802. The molecule has 1 aliphatic heterocycles. The molecule has 0 unspecified atom stereocenters. The minimum absolute atomic E-state index is 0.126. The van der Waals surface area contributed by atoms with Crippen LogP contribution in [0.1, 0.15) is 50.7 Å². The Morgan fingerprint density at radius 1 is 0.871 bits per heavy atom. The Morgan fingerprint density at radius 2 is 1.45 bits per heavy atom. The van der Waals surface area contributed by atoms with Crippen LogP contribution >= 0.6 is 0 Å². The van der Waals surface area contributed by atoms with Crippen LogP contribution < -0.4 is 19.9 Å². The number of nitrogens with one attached hydrogen (secondary N) is 3. The monoisotopic (exact) mass is 425 g/mol. The van der Waals surface area contributed by atoms with Gasteiger partial charge in [0.25, 0.3) is 5.91 Å². The van der Waals surface area contributed by atoms with Gasteiger partial charge in [-0.25, -0.2) is 0 Å². The maximum atomic E-state index is 12.9. The number of para-hydroxylation sites is 2. The molecule has 0 bridgehead atoms.